The van der Waals surface area contributed by atoms with Gasteiger partial charge in [-0.15, -0.1) is 0 Å². The van der Waals surface area contributed by atoms with Gasteiger partial charge < -0.3 is 10.1 Å². The number of sulfonamides is 1. The minimum Gasteiger partial charge on any atom is -0.465 e. The highest BCUT2D eigenvalue weighted by molar-refractivity contribution is 7.89. The van der Waals surface area contributed by atoms with Crippen molar-refractivity contribution < 1.29 is 22.7 Å². The zero-order chi connectivity index (χ0) is 24.0. The molecular formula is C23H20Cl2N2O5S. The van der Waals surface area contributed by atoms with Gasteiger partial charge in [0.05, 0.1) is 24.1 Å². The second-order valence-corrected chi connectivity index (χ2v) is 9.78. The van der Waals surface area contributed by atoms with E-state index in [-0.39, 0.29) is 11.4 Å². The molecule has 0 aromatic heterocycles. The van der Waals surface area contributed by atoms with Gasteiger partial charge in [-0.25, -0.2) is 13.2 Å². The molecule has 0 aliphatic rings. The summed E-state index contributed by atoms with van der Waals surface area (Å²) < 4.78 is 32.3. The monoisotopic (exact) mass is 506 g/mol. The standard InChI is InChI=1S/C23H20Cl2N2O5S/c1-32-23(29)17-4-10-20(11-5-17)26-22(28)15-27(14-16-2-6-18(24)7-3-16)33(30,31)21-12-8-19(25)9-13-21/h2-13H,14-15H2,1H3,(H,26,28). The molecule has 3 rings (SSSR count). The highest BCUT2D eigenvalue weighted by atomic mass is 35.5. The number of nitrogens with zero attached hydrogens (tertiary/aromatic N) is 1. The molecule has 0 unspecified atom stereocenters. The van der Waals surface area contributed by atoms with Gasteiger partial charge in [-0.2, -0.15) is 4.31 Å². The number of rotatable bonds is 8. The van der Waals surface area contributed by atoms with Gasteiger partial charge in [-0.3, -0.25) is 4.79 Å². The first kappa shape index (κ1) is 24.7. The molecule has 7 nitrogen and oxygen atoms in total. The van der Waals surface area contributed by atoms with Gasteiger partial charge in [0.25, 0.3) is 0 Å². The molecule has 0 saturated carbocycles. The molecule has 0 fully saturated rings. The average molecular weight is 507 g/mol. The van der Waals surface area contributed by atoms with E-state index >= 15 is 0 Å². The Morgan fingerprint density at radius 3 is 1.97 bits per heavy atom. The van der Waals surface area contributed by atoms with Gasteiger partial charge in [0.1, 0.15) is 0 Å². The molecule has 0 aliphatic heterocycles. The number of carbonyl (C=O) groups excluding carboxylic acids is 2. The summed E-state index contributed by atoms with van der Waals surface area (Å²) in [5.74, 6) is -1.05. The van der Waals surface area contributed by atoms with Crippen LogP contribution in [0.3, 0.4) is 0 Å². The number of ether oxygens (including phenoxy) is 1. The zero-order valence-corrected chi connectivity index (χ0v) is 19.8. The van der Waals surface area contributed by atoms with Crippen molar-refractivity contribution in [2.45, 2.75) is 11.4 Å². The van der Waals surface area contributed by atoms with Crippen LogP contribution in [0.5, 0.6) is 0 Å². The number of esters is 1. The Hall–Kier alpha value is -2.91. The van der Waals surface area contributed by atoms with Crippen LogP contribution in [0.25, 0.3) is 0 Å². The van der Waals surface area contributed by atoms with Gasteiger partial charge in [-0.1, -0.05) is 35.3 Å². The van der Waals surface area contributed by atoms with E-state index in [0.717, 1.165) is 4.31 Å². The van der Waals surface area contributed by atoms with E-state index in [1.807, 2.05) is 0 Å². The summed E-state index contributed by atoms with van der Waals surface area (Å²) >= 11 is 11.8. The molecule has 10 heteroatoms. The zero-order valence-electron chi connectivity index (χ0n) is 17.5. The van der Waals surface area contributed by atoms with Crippen molar-refractivity contribution >= 4 is 50.8 Å². The number of hydrogen-bond acceptors (Lipinski definition) is 5. The van der Waals surface area contributed by atoms with Crippen molar-refractivity contribution in [2.75, 3.05) is 19.0 Å². The summed E-state index contributed by atoms with van der Waals surface area (Å²) in [6.07, 6.45) is 0. The van der Waals surface area contributed by atoms with Crippen LogP contribution in [0.4, 0.5) is 5.69 Å². The van der Waals surface area contributed by atoms with Gasteiger partial charge in [0.15, 0.2) is 0 Å². The van der Waals surface area contributed by atoms with Gasteiger partial charge >= 0.3 is 5.97 Å². The normalized spacial score (nSPS) is 11.3. The maximum absolute atomic E-state index is 13.3. The van der Waals surface area contributed by atoms with Crippen LogP contribution in [0.2, 0.25) is 10.0 Å². The number of benzene rings is 3. The fraction of sp³-hybridized carbons (Fsp3) is 0.130. The summed E-state index contributed by atoms with van der Waals surface area (Å²) in [5.41, 5.74) is 1.39. The molecule has 0 heterocycles. The largest absolute Gasteiger partial charge is 0.465 e. The Labute approximate surface area is 201 Å². The molecule has 0 radical (unpaired) electrons. The second kappa shape index (κ2) is 10.8. The van der Waals surface area contributed by atoms with Crippen LogP contribution in [-0.4, -0.2) is 38.3 Å². The summed E-state index contributed by atoms with van der Waals surface area (Å²) in [5, 5.41) is 3.55. The maximum atomic E-state index is 13.3. The number of methoxy groups -OCH3 is 1. The van der Waals surface area contributed by atoms with E-state index in [2.05, 4.69) is 10.1 Å². The molecule has 3 aromatic carbocycles. The smallest absolute Gasteiger partial charge is 0.337 e. The van der Waals surface area contributed by atoms with Crippen LogP contribution in [-0.2, 0) is 26.1 Å². The molecule has 1 amide bonds. The number of carbonyl (C=O) groups is 2. The summed E-state index contributed by atoms with van der Waals surface area (Å²) in [6, 6.07) is 18.4. The highest BCUT2D eigenvalue weighted by Gasteiger charge is 2.27. The Bertz CT molecular complexity index is 1230. The van der Waals surface area contributed by atoms with E-state index in [1.165, 1.54) is 55.6 Å². The summed E-state index contributed by atoms with van der Waals surface area (Å²) in [4.78, 5) is 24.3. The Morgan fingerprint density at radius 2 is 1.42 bits per heavy atom. The minimum atomic E-state index is -4.02. The number of nitrogens with one attached hydrogen (secondary N) is 1. The number of anilines is 1. The van der Waals surface area contributed by atoms with Crippen molar-refractivity contribution in [3.8, 4) is 0 Å². The number of amides is 1. The molecule has 0 atom stereocenters. The lowest BCUT2D eigenvalue weighted by Gasteiger charge is -2.22. The maximum Gasteiger partial charge on any atom is 0.337 e. The SMILES string of the molecule is COC(=O)c1ccc(NC(=O)CN(Cc2ccc(Cl)cc2)S(=O)(=O)c2ccc(Cl)cc2)cc1. The van der Waals surface area contributed by atoms with Crippen molar-refractivity contribution in [3.63, 3.8) is 0 Å². The first-order valence-corrected chi connectivity index (χ1v) is 11.9. The fourth-order valence-corrected chi connectivity index (χ4v) is 4.58. The van der Waals surface area contributed by atoms with E-state index in [1.54, 1.807) is 24.3 Å². The number of halogens is 2. The Balaban J connectivity index is 1.82. The van der Waals surface area contributed by atoms with E-state index in [9.17, 15) is 18.0 Å². The molecule has 0 bridgehead atoms. The van der Waals surface area contributed by atoms with E-state index < -0.39 is 28.4 Å². The Morgan fingerprint density at radius 1 is 0.879 bits per heavy atom. The third-order valence-electron chi connectivity index (χ3n) is 4.63. The lowest BCUT2D eigenvalue weighted by atomic mass is 10.2. The minimum absolute atomic E-state index is 0.0103. The molecular weight excluding hydrogens is 487 g/mol. The third kappa shape index (κ3) is 6.55. The second-order valence-electron chi connectivity index (χ2n) is 6.97. The van der Waals surface area contributed by atoms with Gasteiger partial charge in [-0.05, 0) is 66.2 Å². The Kier molecular flexibility index (Phi) is 8.10. The highest BCUT2D eigenvalue weighted by Crippen LogP contribution is 2.21. The molecule has 0 aliphatic carbocycles. The third-order valence-corrected chi connectivity index (χ3v) is 6.94. The fourth-order valence-electron chi connectivity index (χ4n) is 2.94. The van der Waals surface area contributed by atoms with Crippen molar-refractivity contribution in [1.82, 2.24) is 4.31 Å². The average Bonchev–Trinajstić information content (AvgIpc) is 2.80. The van der Waals surface area contributed by atoms with Gasteiger partial charge in [0, 0.05) is 22.3 Å². The lowest BCUT2D eigenvalue weighted by molar-refractivity contribution is -0.116. The van der Waals surface area contributed by atoms with E-state index in [4.69, 9.17) is 23.2 Å². The van der Waals surface area contributed by atoms with Crippen LogP contribution in [0.15, 0.2) is 77.7 Å². The molecule has 172 valence electrons. The van der Waals surface area contributed by atoms with E-state index in [0.29, 0.717) is 26.9 Å². The van der Waals surface area contributed by atoms with Crippen LogP contribution in [0.1, 0.15) is 15.9 Å². The molecule has 1 N–H and O–H groups in total. The van der Waals surface area contributed by atoms with Gasteiger partial charge in [0.2, 0.25) is 15.9 Å². The lowest BCUT2D eigenvalue weighted by Crippen LogP contribution is -2.37. The van der Waals surface area contributed by atoms with Crippen LogP contribution >= 0.6 is 23.2 Å². The number of hydrogen-bond donors (Lipinski definition) is 1. The summed E-state index contributed by atoms with van der Waals surface area (Å²) in [6.45, 7) is -0.483. The predicted octanol–water partition coefficient (Wildman–Crippen LogP) is 4.61. The predicted molar refractivity (Wildman–Crippen MR) is 127 cm³/mol. The molecule has 0 saturated heterocycles. The quantitative estimate of drug-likeness (QED) is 0.450. The van der Waals surface area contributed by atoms with Crippen LogP contribution in [0, 0.1) is 0 Å². The van der Waals surface area contributed by atoms with Crippen molar-refractivity contribution in [1.29, 1.82) is 0 Å². The van der Waals surface area contributed by atoms with Crippen molar-refractivity contribution in [2.24, 2.45) is 0 Å². The first-order valence-electron chi connectivity index (χ1n) is 9.67. The first-order chi connectivity index (χ1) is 15.7. The molecule has 3 aromatic rings. The molecule has 0 spiro atoms. The van der Waals surface area contributed by atoms with Crippen molar-refractivity contribution in [3.05, 3.63) is 94.0 Å². The summed E-state index contributed by atoms with van der Waals surface area (Å²) in [7, 11) is -2.74. The van der Waals surface area contributed by atoms with Crippen LogP contribution < -0.4 is 5.32 Å². The molecule has 33 heavy (non-hydrogen) atoms. The topological polar surface area (TPSA) is 92.8 Å².